The fourth-order valence-electron chi connectivity index (χ4n) is 3.44. The molecule has 33 heavy (non-hydrogen) atoms. The molecule has 0 aliphatic carbocycles. The van der Waals surface area contributed by atoms with E-state index in [0.29, 0.717) is 23.6 Å². The van der Waals surface area contributed by atoms with Crippen molar-refractivity contribution in [1.82, 2.24) is 5.32 Å². The minimum atomic E-state index is -0.784. The molecule has 4 rings (SSSR count). The normalized spacial score (nSPS) is 15.1. The molecule has 1 aliphatic rings. The van der Waals surface area contributed by atoms with E-state index in [0.717, 1.165) is 14.9 Å². The van der Waals surface area contributed by atoms with Crippen LogP contribution < -0.4 is 15.0 Å². The van der Waals surface area contributed by atoms with Crippen LogP contribution in [-0.4, -0.2) is 17.8 Å². The molecule has 0 bridgehead atoms. The molecule has 3 aromatic carbocycles. The Balaban J connectivity index is 1.66. The van der Waals surface area contributed by atoms with Crippen molar-refractivity contribution in [3.05, 3.63) is 99.0 Å². The number of halogens is 1. The zero-order valence-electron chi connectivity index (χ0n) is 18.1. The SMILES string of the molecule is Cc1ccc(COc2ccc(Br)cc2/C=C2\C(=O)NC(=O)N(c3ccccc3)C2=O)cc1C. The average molecular weight is 505 g/mol. The lowest BCUT2D eigenvalue weighted by atomic mass is 10.1. The van der Waals surface area contributed by atoms with Gasteiger partial charge in [-0.3, -0.25) is 14.9 Å². The van der Waals surface area contributed by atoms with Crippen molar-refractivity contribution in [1.29, 1.82) is 0 Å². The van der Waals surface area contributed by atoms with Crippen molar-refractivity contribution >= 4 is 45.5 Å². The summed E-state index contributed by atoms with van der Waals surface area (Å²) in [5, 5.41) is 2.24. The minimum Gasteiger partial charge on any atom is -0.488 e. The summed E-state index contributed by atoms with van der Waals surface area (Å²) < 4.78 is 6.79. The van der Waals surface area contributed by atoms with Crippen molar-refractivity contribution in [3.8, 4) is 5.75 Å². The smallest absolute Gasteiger partial charge is 0.335 e. The number of carbonyl (C=O) groups is 3. The number of hydrogen-bond donors (Lipinski definition) is 1. The van der Waals surface area contributed by atoms with Crippen LogP contribution in [0.3, 0.4) is 0 Å². The number of barbiturate groups is 1. The zero-order valence-corrected chi connectivity index (χ0v) is 19.7. The largest absolute Gasteiger partial charge is 0.488 e. The molecule has 1 saturated heterocycles. The lowest BCUT2D eigenvalue weighted by molar-refractivity contribution is -0.122. The first-order valence-electron chi connectivity index (χ1n) is 10.3. The van der Waals surface area contributed by atoms with E-state index >= 15 is 0 Å². The van der Waals surface area contributed by atoms with Crippen LogP contribution in [0.5, 0.6) is 5.75 Å². The minimum absolute atomic E-state index is 0.160. The van der Waals surface area contributed by atoms with Gasteiger partial charge in [-0.2, -0.15) is 0 Å². The van der Waals surface area contributed by atoms with E-state index in [-0.39, 0.29) is 5.57 Å². The van der Waals surface area contributed by atoms with Crippen molar-refractivity contribution in [2.45, 2.75) is 20.5 Å². The third kappa shape index (κ3) is 4.88. The van der Waals surface area contributed by atoms with Gasteiger partial charge in [0.1, 0.15) is 17.9 Å². The maximum atomic E-state index is 13.1. The Hall–Kier alpha value is -3.71. The molecule has 7 heteroatoms. The molecule has 3 aromatic rings. The van der Waals surface area contributed by atoms with E-state index in [1.807, 2.05) is 25.1 Å². The highest BCUT2D eigenvalue weighted by molar-refractivity contribution is 9.10. The summed E-state index contributed by atoms with van der Waals surface area (Å²) in [6.45, 7) is 4.42. The number of aryl methyl sites for hydroxylation is 2. The topological polar surface area (TPSA) is 75.7 Å². The molecule has 166 valence electrons. The number of nitrogens with one attached hydrogen (secondary N) is 1. The monoisotopic (exact) mass is 504 g/mol. The van der Waals surface area contributed by atoms with E-state index < -0.39 is 17.8 Å². The van der Waals surface area contributed by atoms with Gasteiger partial charge in [-0.05, 0) is 66.9 Å². The molecule has 1 N–H and O–H groups in total. The maximum absolute atomic E-state index is 13.1. The molecule has 0 saturated carbocycles. The van der Waals surface area contributed by atoms with Crippen LogP contribution >= 0.6 is 15.9 Å². The van der Waals surface area contributed by atoms with Crippen LogP contribution in [0.1, 0.15) is 22.3 Å². The Morgan fingerprint density at radius 1 is 0.939 bits per heavy atom. The second-order valence-corrected chi connectivity index (χ2v) is 8.60. The molecular formula is C26H21BrN2O4. The standard InChI is InChI=1S/C26H21BrN2O4/c1-16-8-9-18(12-17(16)2)15-33-23-11-10-20(27)13-19(23)14-22-24(30)28-26(32)29(25(22)31)21-6-4-3-5-7-21/h3-14H,15H2,1-2H3,(H,28,30,32)/b22-14+. The Morgan fingerprint density at radius 3 is 2.42 bits per heavy atom. The maximum Gasteiger partial charge on any atom is 0.335 e. The number of imide groups is 2. The number of anilines is 1. The molecule has 4 amide bonds. The van der Waals surface area contributed by atoms with Crippen LogP contribution in [-0.2, 0) is 16.2 Å². The Kier molecular flexibility index (Phi) is 6.42. The fourth-order valence-corrected chi connectivity index (χ4v) is 3.82. The van der Waals surface area contributed by atoms with Crippen LogP contribution in [0, 0.1) is 13.8 Å². The summed E-state index contributed by atoms with van der Waals surface area (Å²) in [5.41, 5.74) is 4.13. The molecule has 0 atom stereocenters. The first-order valence-corrected chi connectivity index (χ1v) is 11.1. The molecule has 0 radical (unpaired) electrons. The zero-order chi connectivity index (χ0) is 23.5. The quantitative estimate of drug-likeness (QED) is 0.377. The van der Waals surface area contributed by atoms with Gasteiger partial charge in [-0.15, -0.1) is 0 Å². The summed E-state index contributed by atoms with van der Waals surface area (Å²) in [7, 11) is 0. The van der Waals surface area contributed by atoms with E-state index in [9.17, 15) is 14.4 Å². The van der Waals surface area contributed by atoms with E-state index in [4.69, 9.17) is 4.74 Å². The van der Waals surface area contributed by atoms with Crippen LogP contribution in [0.25, 0.3) is 6.08 Å². The molecule has 0 unspecified atom stereocenters. The van der Waals surface area contributed by atoms with Crippen molar-refractivity contribution in [2.75, 3.05) is 4.90 Å². The molecule has 1 fully saturated rings. The number of ether oxygens (including phenoxy) is 1. The summed E-state index contributed by atoms with van der Waals surface area (Å²) in [5.74, 6) is -0.944. The molecule has 1 heterocycles. The predicted octanol–water partition coefficient (Wildman–Crippen LogP) is 5.31. The molecule has 0 spiro atoms. The fraction of sp³-hybridized carbons (Fsp3) is 0.115. The lowest BCUT2D eigenvalue weighted by Crippen LogP contribution is -2.54. The van der Waals surface area contributed by atoms with E-state index in [1.54, 1.807) is 42.5 Å². The molecular weight excluding hydrogens is 484 g/mol. The number of nitrogens with zero attached hydrogens (tertiary/aromatic N) is 1. The number of carbonyl (C=O) groups excluding carboxylic acids is 3. The first-order chi connectivity index (χ1) is 15.8. The van der Waals surface area contributed by atoms with E-state index in [2.05, 4.69) is 34.2 Å². The molecule has 6 nitrogen and oxygen atoms in total. The van der Waals surface area contributed by atoms with Gasteiger partial charge < -0.3 is 4.74 Å². The molecule has 1 aliphatic heterocycles. The summed E-state index contributed by atoms with van der Waals surface area (Å²) in [6, 6.07) is 19.1. The van der Waals surface area contributed by atoms with Gasteiger partial charge in [0.2, 0.25) is 0 Å². The highest BCUT2D eigenvalue weighted by atomic mass is 79.9. The van der Waals surface area contributed by atoms with Crippen molar-refractivity contribution < 1.29 is 19.1 Å². The highest BCUT2D eigenvalue weighted by Crippen LogP contribution is 2.29. The Morgan fingerprint density at radius 2 is 1.70 bits per heavy atom. The van der Waals surface area contributed by atoms with E-state index in [1.165, 1.54) is 17.2 Å². The van der Waals surface area contributed by atoms with Crippen molar-refractivity contribution in [3.63, 3.8) is 0 Å². The van der Waals surface area contributed by atoms with Crippen LogP contribution in [0.4, 0.5) is 10.5 Å². The number of amides is 4. The third-order valence-electron chi connectivity index (χ3n) is 5.35. The highest BCUT2D eigenvalue weighted by Gasteiger charge is 2.36. The van der Waals surface area contributed by atoms with Gasteiger partial charge in [0.25, 0.3) is 11.8 Å². The number of hydrogen-bond acceptors (Lipinski definition) is 4. The van der Waals surface area contributed by atoms with Crippen LogP contribution in [0.2, 0.25) is 0 Å². The first kappa shape index (κ1) is 22.5. The second kappa shape index (κ2) is 9.42. The number of para-hydroxylation sites is 1. The van der Waals surface area contributed by atoms with Crippen molar-refractivity contribution in [2.24, 2.45) is 0 Å². The summed E-state index contributed by atoms with van der Waals surface area (Å²) in [4.78, 5) is 39.0. The van der Waals surface area contributed by atoms with Gasteiger partial charge >= 0.3 is 6.03 Å². The average Bonchev–Trinajstić information content (AvgIpc) is 2.79. The van der Waals surface area contributed by atoms with Crippen LogP contribution in [0.15, 0.2) is 76.8 Å². The second-order valence-electron chi connectivity index (χ2n) is 7.68. The Bertz CT molecular complexity index is 1280. The number of benzene rings is 3. The van der Waals surface area contributed by atoms with Gasteiger partial charge in [0, 0.05) is 10.0 Å². The summed E-state index contributed by atoms with van der Waals surface area (Å²) >= 11 is 3.43. The van der Waals surface area contributed by atoms with Gasteiger partial charge in [0.15, 0.2) is 0 Å². The number of urea groups is 1. The van der Waals surface area contributed by atoms with Gasteiger partial charge in [0.05, 0.1) is 5.69 Å². The Labute approximate surface area is 200 Å². The lowest BCUT2D eigenvalue weighted by Gasteiger charge is -2.26. The third-order valence-corrected chi connectivity index (χ3v) is 5.85. The predicted molar refractivity (Wildman–Crippen MR) is 130 cm³/mol. The molecule has 0 aromatic heterocycles. The van der Waals surface area contributed by atoms with Gasteiger partial charge in [-0.25, -0.2) is 9.69 Å². The summed E-state index contributed by atoms with van der Waals surface area (Å²) in [6.07, 6.45) is 1.44. The van der Waals surface area contributed by atoms with Gasteiger partial charge in [-0.1, -0.05) is 52.3 Å². The number of rotatable bonds is 5.